The molecule has 0 bridgehead atoms. The first-order valence-electron chi connectivity index (χ1n) is 6.70. The second-order valence-electron chi connectivity index (χ2n) is 4.67. The van der Waals surface area contributed by atoms with E-state index in [0.717, 1.165) is 22.3 Å². The Morgan fingerprint density at radius 3 is 2.67 bits per heavy atom. The monoisotopic (exact) mass is 350 g/mol. The molecule has 0 aliphatic carbocycles. The predicted molar refractivity (Wildman–Crippen MR) is 86.7 cm³/mol. The summed E-state index contributed by atoms with van der Waals surface area (Å²) in [6.45, 7) is 2.81. The van der Waals surface area contributed by atoms with Crippen LogP contribution in [0.2, 0.25) is 0 Å². The number of nitrogens with one attached hydrogen (secondary N) is 1. The maximum absolute atomic E-state index is 5.35. The summed E-state index contributed by atoms with van der Waals surface area (Å²) in [4.78, 5) is 4.35. The first-order valence-corrected chi connectivity index (χ1v) is 7.49. The fourth-order valence-electron chi connectivity index (χ4n) is 2.08. The maximum Gasteiger partial charge on any atom is 0.174 e. The summed E-state index contributed by atoms with van der Waals surface area (Å²) in [5, 5.41) is 3.45. The van der Waals surface area contributed by atoms with Crippen LogP contribution in [0.15, 0.2) is 41.0 Å². The largest absolute Gasteiger partial charge is 0.493 e. The van der Waals surface area contributed by atoms with Gasteiger partial charge in [-0.05, 0) is 52.7 Å². The number of hydrogen-bond acceptors (Lipinski definition) is 4. The van der Waals surface area contributed by atoms with Crippen LogP contribution >= 0.6 is 15.9 Å². The van der Waals surface area contributed by atoms with Crippen LogP contribution in [0.1, 0.15) is 24.2 Å². The molecule has 2 aromatic rings. The Bertz CT molecular complexity index is 590. The molecule has 0 radical (unpaired) electrons. The van der Waals surface area contributed by atoms with Gasteiger partial charge in [0.15, 0.2) is 11.5 Å². The Labute approximate surface area is 133 Å². The lowest BCUT2D eigenvalue weighted by Gasteiger charge is -2.15. The molecule has 1 heterocycles. The molecule has 21 heavy (non-hydrogen) atoms. The van der Waals surface area contributed by atoms with Crippen LogP contribution in [0.5, 0.6) is 11.5 Å². The van der Waals surface area contributed by atoms with E-state index in [-0.39, 0.29) is 6.04 Å². The Kier molecular flexibility index (Phi) is 5.59. The molecule has 4 nitrogen and oxygen atoms in total. The van der Waals surface area contributed by atoms with Gasteiger partial charge in [-0.3, -0.25) is 4.98 Å². The number of hydrogen-bond donors (Lipinski definition) is 1. The van der Waals surface area contributed by atoms with Gasteiger partial charge in [0.1, 0.15) is 0 Å². The maximum atomic E-state index is 5.35. The van der Waals surface area contributed by atoms with Gasteiger partial charge in [0.25, 0.3) is 0 Å². The number of rotatable bonds is 6. The van der Waals surface area contributed by atoms with Gasteiger partial charge < -0.3 is 14.8 Å². The molecule has 0 fully saturated rings. The van der Waals surface area contributed by atoms with E-state index in [1.165, 1.54) is 0 Å². The van der Waals surface area contributed by atoms with E-state index in [0.29, 0.717) is 11.5 Å². The second-order valence-corrected chi connectivity index (χ2v) is 5.52. The summed E-state index contributed by atoms with van der Waals surface area (Å²) in [6.07, 6.45) is 1.81. The van der Waals surface area contributed by atoms with Crippen LogP contribution in [-0.2, 0) is 6.54 Å². The van der Waals surface area contributed by atoms with Crippen LogP contribution in [0.3, 0.4) is 0 Å². The van der Waals surface area contributed by atoms with Crippen LogP contribution in [-0.4, -0.2) is 19.2 Å². The van der Waals surface area contributed by atoms with Crippen molar-refractivity contribution in [3.8, 4) is 11.5 Å². The van der Waals surface area contributed by atoms with E-state index in [1.54, 1.807) is 20.4 Å². The van der Waals surface area contributed by atoms with E-state index in [1.807, 2.05) is 30.3 Å². The molecule has 1 N–H and O–H groups in total. The molecule has 0 amide bonds. The van der Waals surface area contributed by atoms with Crippen molar-refractivity contribution in [1.29, 1.82) is 0 Å². The third-order valence-electron chi connectivity index (χ3n) is 3.24. The van der Waals surface area contributed by atoms with E-state index >= 15 is 0 Å². The number of methoxy groups -OCH3 is 2. The number of halogens is 1. The van der Waals surface area contributed by atoms with Crippen molar-refractivity contribution >= 4 is 15.9 Å². The van der Waals surface area contributed by atoms with Gasteiger partial charge in [0.2, 0.25) is 0 Å². The first kappa shape index (κ1) is 15.8. The van der Waals surface area contributed by atoms with Crippen molar-refractivity contribution in [1.82, 2.24) is 10.3 Å². The van der Waals surface area contributed by atoms with E-state index < -0.39 is 0 Å². The third kappa shape index (κ3) is 3.95. The summed E-state index contributed by atoms with van der Waals surface area (Å²) in [7, 11) is 3.27. The topological polar surface area (TPSA) is 43.4 Å². The zero-order valence-electron chi connectivity index (χ0n) is 12.4. The molecule has 2 rings (SSSR count). The predicted octanol–water partition coefficient (Wildman–Crippen LogP) is 3.71. The highest BCUT2D eigenvalue weighted by Crippen LogP contribution is 2.36. The Morgan fingerprint density at radius 1 is 1.24 bits per heavy atom. The average Bonchev–Trinajstić information content (AvgIpc) is 2.52. The van der Waals surface area contributed by atoms with E-state index in [9.17, 15) is 0 Å². The lowest BCUT2D eigenvalue weighted by molar-refractivity contribution is 0.352. The smallest absolute Gasteiger partial charge is 0.174 e. The number of benzene rings is 1. The lowest BCUT2D eigenvalue weighted by Crippen LogP contribution is -2.19. The SMILES string of the molecule is COc1cc(CN[C@@H](C)c2ccccn2)cc(Br)c1OC. The minimum Gasteiger partial charge on any atom is -0.493 e. The molecule has 0 saturated heterocycles. The highest BCUT2D eigenvalue weighted by atomic mass is 79.9. The first-order chi connectivity index (χ1) is 10.2. The van der Waals surface area contributed by atoms with Gasteiger partial charge in [0.05, 0.1) is 24.4 Å². The molecule has 1 atom stereocenters. The van der Waals surface area contributed by atoms with Crippen molar-refractivity contribution in [2.45, 2.75) is 19.5 Å². The van der Waals surface area contributed by atoms with Gasteiger partial charge in [-0.1, -0.05) is 6.07 Å². The molecular formula is C16H19BrN2O2. The summed E-state index contributed by atoms with van der Waals surface area (Å²) >= 11 is 3.51. The number of ether oxygens (including phenoxy) is 2. The number of nitrogens with zero attached hydrogens (tertiary/aromatic N) is 1. The van der Waals surface area contributed by atoms with Crippen LogP contribution in [0.25, 0.3) is 0 Å². The van der Waals surface area contributed by atoms with Crippen molar-refractivity contribution in [2.24, 2.45) is 0 Å². The van der Waals surface area contributed by atoms with Gasteiger partial charge in [-0.15, -0.1) is 0 Å². The molecule has 0 unspecified atom stereocenters. The van der Waals surface area contributed by atoms with Crippen molar-refractivity contribution in [3.05, 3.63) is 52.3 Å². The highest BCUT2D eigenvalue weighted by Gasteiger charge is 2.11. The standard InChI is InChI=1S/C16H19BrN2O2/c1-11(14-6-4-5-7-18-14)19-10-12-8-13(17)16(21-3)15(9-12)20-2/h4-9,11,19H,10H2,1-3H3/t11-/m0/s1. The molecule has 1 aromatic carbocycles. The van der Waals surface area contributed by atoms with E-state index in [4.69, 9.17) is 9.47 Å². The van der Waals surface area contributed by atoms with Crippen molar-refractivity contribution < 1.29 is 9.47 Å². The molecule has 0 spiro atoms. The van der Waals surface area contributed by atoms with Crippen LogP contribution < -0.4 is 14.8 Å². The fourth-order valence-corrected chi connectivity index (χ4v) is 2.73. The van der Waals surface area contributed by atoms with Gasteiger partial charge in [0, 0.05) is 18.8 Å². The van der Waals surface area contributed by atoms with Crippen molar-refractivity contribution in [2.75, 3.05) is 14.2 Å². The minimum absolute atomic E-state index is 0.179. The summed E-state index contributed by atoms with van der Waals surface area (Å²) in [5.41, 5.74) is 2.14. The van der Waals surface area contributed by atoms with Crippen LogP contribution in [0, 0.1) is 0 Å². The molecule has 112 valence electrons. The van der Waals surface area contributed by atoms with Gasteiger partial charge in [-0.2, -0.15) is 0 Å². The lowest BCUT2D eigenvalue weighted by atomic mass is 10.1. The summed E-state index contributed by atoms with van der Waals surface area (Å²) in [6, 6.07) is 10.1. The number of pyridine rings is 1. The summed E-state index contributed by atoms with van der Waals surface area (Å²) < 4.78 is 11.5. The molecule has 0 aliphatic heterocycles. The zero-order valence-corrected chi connectivity index (χ0v) is 14.0. The zero-order chi connectivity index (χ0) is 15.2. The summed E-state index contributed by atoms with van der Waals surface area (Å²) in [5.74, 6) is 1.42. The van der Waals surface area contributed by atoms with Gasteiger partial charge in [-0.25, -0.2) is 0 Å². The third-order valence-corrected chi connectivity index (χ3v) is 3.83. The molecule has 0 aliphatic rings. The minimum atomic E-state index is 0.179. The fraction of sp³-hybridized carbons (Fsp3) is 0.312. The van der Waals surface area contributed by atoms with Crippen molar-refractivity contribution in [3.63, 3.8) is 0 Å². The Morgan fingerprint density at radius 2 is 2.05 bits per heavy atom. The Hall–Kier alpha value is -1.59. The molecule has 5 heteroatoms. The second kappa shape index (κ2) is 7.43. The molecular weight excluding hydrogens is 332 g/mol. The number of aromatic nitrogens is 1. The quantitative estimate of drug-likeness (QED) is 0.862. The molecule has 1 aromatic heterocycles. The van der Waals surface area contributed by atoms with Crippen LogP contribution in [0.4, 0.5) is 0 Å². The normalized spacial score (nSPS) is 12.0. The average molecular weight is 351 g/mol. The van der Waals surface area contributed by atoms with Gasteiger partial charge >= 0.3 is 0 Å². The van der Waals surface area contributed by atoms with E-state index in [2.05, 4.69) is 33.2 Å². The molecule has 0 saturated carbocycles. The Balaban J connectivity index is 2.08. The highest BCUT2D eigenvalue weighted by molar-refractivity contribution is 9.10.